The Kier molecular flexibility index (Phi) is 3.93. The second kappa shape index (κ2) is 6.04. The van der Waals surface area contributed by atoms with Crippen molar-refractivity contribution in [3.05, 3.63) is 71.2 Å². The van der Waals surface area contributed by atoms with Crippen LogP contribution in [0.5, 0.6) is 5.75 Å². The molecular formula is C18H15FN2O2. The number of aromatic nitrogens is 1. The Bertz CT molecular complexity index is 876. The van der Waals surface area contributed by atoms with Gasteiger partial charge in [0.25, 0.3) is 5.91 Å². The first-order valence-electron chi connectivity index (χ1n) is 7.16. The van der Waals surface area contributed by atoms with Gasteiger partial charge in [0, 0.05) is 18.0 Å². The number of carbonyl (C=O) groups is 1. The summed E-state index contributed by atoms with van der Waals surface area (Å²) in [5.41, 5.74) is 2.41. The zero-order valence-electron chi connectivity index (χ0n) is 12.5. The van der Waals surface area contributed by atoms with Crippen LogP contribution in [0.25, 0.3) is 10.9 Å². The monoisotopic (exact) mass is 310 g/mol. The van der Waals surface area contributed by atoms with E-state index in [1.807, 2.05) is 0 Å². The molecule has 1 amide bonds. The highest BCUT2D eigenvalue weighted by molar-refractivity contribution is 5.98. The molecule has 116 valence electrons. The Morgan fingerprint density at radius 3 is 2.65 bits per heavy atom. The summed E-state index contributed by atoms with van der Waals surface area (Å²) in [4.78, 5) is 16.6. The summed E-state index contributed by atoms with van der Waals surface area (Å²) in [7, 11) is 0. The molecule has 0 spiro atoms. The molecule has 4 nitrogen and oxygen atoms in total. The van der Waals surface area contributed by atoms with E-state index in [1.54, 1.807) is 43.3 Å². The molecule has 1 heterocycles. The maximum absolute atomic E-state index is 13.2. The van der Waals surface area contributed by atoms with Gasteiger partial charge < -0.3 is 10.4 Å². The molecule has 0 saturated heterocycles. The predicted octanol–water partition coefficient (Wildman–Crippen LogP) is 3.32. The molecule has 0 saturated carbocycles. The fourth-order valence-electron chi connectivity index (χ4n) is 2.36. The molecule has 0 aliphatic rings. The van der Waals surface area contributed by atoms with Gasteiger partial charge in [0.05, 0.1) is 16.8 Å². The Balaban J connectivity index is 1.81. The van der Waals surface area contributed by atoms with Crippen LogP contribution in [0, 0.1) is 12.7 Å². The average Bonchev–Trinajstić information content (AvgIpc) is 2.53. The number of nitrogens with zero attached hydrogens (tertiary/aromatic N) is 1. The fraction of sp³-hybridized carbons (Fsp3) is 0.111. The van der Waals surface area contributed by atoms with Crippen molar-refractivity contribution in [2.75, 3.05) is 0 Å². The molecular weight excluding hydrogens is 295 g/mol. The predicted molar refractivity (Wildman–Crippen MR) is 85.7 cm³/mol. The highest BCUT2D eigenvalue weighted by atomic mass is 19.1. The van der Waals surface area contributed by atoms with Crippen LogP contribution in [0.1, 0.15) is 21.6 Å². The minimum absolute atomic E-state index is 0.182. The lowest BCUT2D eigenvalue weighted by Gasteiger charge is -2.09. The van der Waals surface area contributed by atoms with Crippen molar-refractivity contribution in [1.29, 1.82) is 0 Å². The van der Waals surface area contributed by atoms with Gasteiger partial charge in [-0.2, -0.15) is 0 Å². The lowest BCUT2D eigenvalue weighted by Crippen LogP contribution is -2.24. The summed E-state index contributed by atoms with van der Waals surface area (Å²) < 4.78 is 13.2. The molecule has 0 fully saturated rings. The van der Waals surface area contributed by atoms with Gasteiger partial charge in [-0.3, -0.25) is 9.78 Å². The number of halogens is 1. The standard InChI is InChI=1S/C18H15FN2O2/c1-11-16(8-13-4-5-14(19)9-17(13)21-11)18(23)20-10-12-2-6-15(22)7-3-12/h2-9,22H,10H2,1H3,(H,20,23). The number of nitrogens with one attached hydrogen (secondary N) is 1. The number of rotatable bonds is 3. The molecule has 3 aromatic rings. The summed E-state index contributed by atoms with van der Waals surface area (Å²) in [6.45, 7) is 2.07. The van der Waals surface area contributed by atoms with Crippen LogP contribution in [0.15, 0.2) is 48.5 Å². The normalized spacial score (nSPS) is 10.7. The van der Waals surface area contributed by atoms with Crippen molar-refractivity contribution in [3.8, 4) is 5.75 Å². The van der Waals surface area contributed by atoms with E-state index in [4.69, 9.17) is 0 Å². The van der Waals surface area contributed by atoms with E-state index in [-0.39, 0.29) is 17.5 Å². The van der Waals surface area contributed by atoms with E-state index in [0.717, 1.165) is 5.56 Å². The number of amides is 1. The molecule has 0 unspecified atom stereocenters. The highest BCUT2D eigenvalue weighted by Gasteiger charge is 2.12. The minimum Gasteiger partial charge on any atom is -0.508 e. The molecule has 5 heteroatoms. The van der Waals surface area contributed by atoms with Crippen LogP contribution in [0.2, 0.25) is 0 Å². The Labute approximate surface area is 132 Å². The van der Waals surface area contributed by atoms with Crippen molar-refractivity contribution in [2.24, 2.45) is 0 Å². The van der Waals surface area contributed by atoms with Crippen molar-refractivity contribution in [3.63, 3.8) is 0 Å². The van der Waals surface area contributed by atoms with Crippen molar-refractivity contribution < 1.29 is 14.3 Å². The third-order valence-corrected chi connectivity index (χ3v) is 3.60. The Morgan fingerprint density at radius 2 is 1.91 bits per heavy atom. The zero-order chi connectivity index (χ0) is 16.4. The van der Waals surface area contributed by atoms with E-state index in [1.165, 1.54) is 12.1 Å². The topological polar surface area (TPSA) is 62.2 Å². The quantitative estimate of drug-likeness (QED) is 0.780. The number of carbonyl (C=O) groups excluding carboxylic acids is 1. The van der Waals surface area contributed by atoms with Crippen molar-refractivity contribution in [1.82, 2.24) is 10.3 Å². The van der Waals surface area contributed by atoms with E-state index in [2.05, 4.69) is 10.3 Å². The van der Waals surface area contributed by atoms with Crippen molar-refractivity contribution in [2.45, 2.75) is 13.5 Å². The number of phenols is 1. The number of hydrogen-bond acceptors (Lipinski definition) is 3. The number of fused-ring (bicyclic) bond motifs is 1. The maximum atomic E-state index is 13.2. The molecule has 2 aromatic carbocycles. The van der Waals surface area contributed by atoms with E-state index < -0.39 is 0 Å². The molecule has 23 heavy (non-hydrogen) atoms. The number of hydrogen-bond donors (Lipinski definition) is 2. The third kappa shape index (κ3) is 3.29. The SMILES string of the molecule is Cc1nc2cc(F)ccc2cc1C(=O)NCc1ccc(O)cc1. The summed E-state index contributed by atoms with van der Waals surface area (Å²) in [6, 6.07) is 12.6. The number of phenolic OH excluding ortho intramolecular Hbond substituents is 1. The number of benzene rings is 2. The zero-order valence-corrected chi connectivity index (χ0v) is 12.5. The summed E-state index contributed by atoms with van der Waals surface area (Å²) in [5.74, 6) is -0.412. The number of aryl methyl sites for hydroxylation is 1. The maximum Gasteiger partial charge on any atom is 0.253 e. The molecule has 2 N–H and O–H groups in total. The fourth-order valence-corrected chi connectivity index (χ4v) is 2.36. The van der Waals surface area contributed by atoms with Gasteiger partial charge in [-0.25, -0.2) is 4.39 Å². The second-order valence-corrected chi connectivity index (χ2v) is 5.31. The van der Waals surface area contributed by atoms with Gasteiger partial charge in [-0.15, -0.1) is 0 Å². The minimum atomic E-state index is -0.353. The summed E-state index contributed by atoms with van der Waals surface area (Å²) >= 11 is 0. The van der Waals surface area contributed by atoms with Gasteiger partial charge >= 0.3 is 0 Å². The van der Waals surface area contributed by atoms with Gasteiger partial charge in [0.1, 0.15) is 11.6 Å². The third-order valence-electron chi connectivity index (χ3n) is 3.60. The first-order chi connectivity index (χ1) is 11.0. The Hall–Kier alpha value is -2.95. The summed E-state index contributed by atoms with van der Waals surface area (Å²) in [6.07, 6.45) is 0. The molecule has 0 aliphatic carbocycles. The van der Waals surface area contributed by atoms with E-state index in [0.29, 0.717) is 28.7 Å². The lowest BCUT2D eigenvalue weighted by atomic mass is 10.1. The molecule has 1 aromatic heterocycles. The van der Waals surface area contributed by atoms with E-state index in [9.17, 15) is 14.3 Å². The van der Waals surface area contributed by atoms with Gasteiger partial charge in [-0.05, 0) is 42.8 Å². The first kappa shape index (κ1) is 15.0. The lowest BCUT2D eigenvalue weighted by molar-refractivity contribution is 0.0950. The van der Waals surface area contributed by atoms with Crippen LogP contribution >= 0.6 is 0 Å². The van der Waals surface area contributed by atoms with E-state index >= 15 is 0 Å². The van der Waals surface area contributed by atoms with Crippen LogP contribution in [-0.2, 0) is 6.54 Å². The second-order valence-electron chi connectivity index (χ2n) is 5.31. The molecule has 0 aliphatic heterocycles. The largest absolute Gasteiger partial charge is 0.508 e. The molecule has 0 bridgehead atoms. The molecule has 3 rings (SSSR count). The van der Waals surface area contributed by atoms with Crippen LogP contribution < -0.4 is 5.32 Å². The van der Waals surface area contributed by atoms with Crippen LogP contribution in [0.4, 0.5) is 4.39 Å². The summed E-state index contributed by atoms with van der Waals surface area (Å²) in [5, 5.41) is 12.8. The van der Waals surface area contributed by atoms with Crippen LogP contribution in [0.3, 0.4) is 0 Å². The molecule has 0 radical (unpaired) electrons. The average molecular weight is 310 g/mol. The van der Waals surface area contributed by atoms with Crippen molar-refractivity contribution >= 4 is 16.8 Å². The smallest absolute Gasteiger partial charge is 0.253 e. The highest BCUT2D eigenvalue weighted by Crippen LogP contribution is 2.18. The van der Waals surface area contributed by atoms with Gasteiger partial charge in [-0.1, -0.05) is 12.1 Å². The van der Waals surface area contributed by atoms with Gasteiger partial charge in [0.2, 0.25) is 0 Å². The Morgan fingerprint density at radius 1 is 1.17 bits per heavy atom. The van der Waals surface area contributed by atoms with Gasteiger partial charge in [0.15, 0.2) is 0 Å². The number of aromatic hydroxyl groups is 1. The number of pyridine rings is 1. The molecule has 0 atom stereocenters. The first-order valence-corrected chi connectivity index (χ1v) is 7.16. The van der Waals surface area contributed by atoms with Crippen LogP contribution in [-0.4, -0.2) is 16.0 Å².